The van der Waals surface area contributed by atoms with Crippen LogP contribution in [0.25, 0.3) is 0 Å². The molecular weight excluding hydrogens is 148 g/mol. The molecule has 0 bridgehead atoms. The van der Waals surface area contributed by atoms with Crippen molar-refractivity contribution in [3.8, 4) is 18.1 Å². The lowest BCUT2D eigenvalue weighted by atomic mass is 10.1. The Morgan fingerprint density at radius 3 is 2.83 bits per heavy atom. The van der Waals surface area contributed by atoms with E-state index in [-0.39, 0.29) is 0 Å². The topological polar surface area (TPSA) is 9.23 Å². The summed E-state index contributed by atoms with van der Waals surface area (Å²) in [6, 6.07) is 5.93. The van der Waals surface area contributed by atoms with Crippen molar-refractivity contribution in [1.29, 1.82) is 0 Å². The van der Waals surface area contributed by atoms with Crippen LogP contribution >= 0.6 is 0 Å². The van der Waals surface area contributed by atoms with Crippen LogP contribution in [0.15, 0.2) is 18.2 Å². The van der Waals surface area contributed by atoms with E-state index in [0.29, 0.717) is 6.42 Å². The fraction of sp³-hybridized carbons (Fsp3) is 0.273. The van der Waals surface area contributed by atoms with Crippen LogP contribution in [-0.2, 0) is 6.42 Å². The Hall–Kier alpha value is -1.42. The highest BCUT2D eigenvalue weighted by atomic mass is 16.5. The Kier molecular flexibility index (Phi) is 2.76. The van der Waals surface area contributed by atoms with E-state index in [9.17, 15) is 0 Å². The van der Waals surface area contributed by atoms with Crippen molar-refractivity contribution in [2.45, 2.75) is 13.3 Å². The molecule has 1 aromatic rings. The quantitative estimate of drug-likeness (QED) is 0.602. The highest BCUT2D eigenvalue weighted by Gasteiger charge is 2.02. The number of aryl methyl sites for hydroxylation is 1. The standard InChI is InChI=1S/C11H12O/c1-4-6-10-9(2)7-5-8-11(10)12-3/h1,5,7-8H,6H2,2-3H3. The zero-order valence-electron chi connectivity index (χ0n) is 7.42. The second-order valence-corrected chi connectivity index (χ2v) is 2.64. The molecule has 0 atom stereocenters. The van der Waals surface area contributed by atoms with Crippen molar-refractivity contribution in [2.24, 2.45) is 0 Å². The smallest absolute Gasteiger partial charge is 0.123 e. The highest BCUT2D eigenvalue weighted by molar-refractivity contribution is 5.41. The molecule has 0 aliphatic heterocycles. The Labute approximate surface area is 73.4 Å². The van der Waals surface area contributed by atoms with E-state index in [1.54, 1.807) is 7.11 Å². The molecule has 0 unspecified atom stereocenters. The van der Waals surface area contributed by atoms with E-state index < -0.39 is 0 Å². The summed E-state index contributed by atoms with van der Waals surface area (Å²) in [5.74, 6) is 3.50. The number of terminal acetylenes is 1. The molecular formula is C11H12O. The minimum Gasteiger partial charge on any atom is -0.496 e. The van der Waals surface area contributed by atoms with Crippen LogP contribution in [0.2, 0.25) is 0 Å². The number of ether oxygens (including phenoxy) is 1. The zero-order chi connectivity index (χ0) is 8.97. The molecule has 12 heavy (non-hydrogen) atoms. The summed E-state index contributed by atoms with van der Waals surface area (Å²) in [5, 5.41) is 0. The van der Waals surface area contributed by atoms with Gasteiger partial charge in [-0.05, 0) is 18.6 Å². The van der Waals surface area contributed by atoms with Crippen molar-refractivity contribution >= 4 is 0 Å². The monoisotopic (exact) mass is 160 g/mol. The van der Waals surface area contributed by atoms with Gasteiger partial charge in [-0.2, -0.15) is 0 Å². The molecule has 1 heteroatoms. The summed E-state index contributed by atoms with van der Waals surface area (Å²) < 4.78 is 5.18. The lowest BCUT2D eigenvalue weighted by Gasteiger charge is -2.07. The Morgan fingerprint density at radius 2 is 2.25 bits per heavy atom. The van der Waals surface area contributed by atoms with Gasteiger partial charge < -0.3 is 4.74 Å². The molecule has 0 amide bonds. The van der Waals surface area contributed by atoms with E-state index >= 15 is 0 Å². The molecule has 0 radical (unpaired) electrons. The lowest BCUT2D eigenvalue weighted by Crippen LogP contribution is -1.93. The lowest BCUT2D eigenvalue weighted by molar-refractivity contribution is 0.410. The first kappa shape index (κ1) is 8.67. The first-order valence-corrected chi connectivity index (χ1v) is 3.85. The van der Waals surface area contributed by atoms with Crippen LogP contribution in [0, 0.1) is 19.3 Å². The number of rotatable bonds is 2. The van der Waals surface area contributed by atoms with Gasteiger partial charge in [0.1, 0.15) is 5.75 Å². The predicted molar refractivity (Wildman–Crippen MR) is 50.3 cm³/mol. The molecule has 62 valence electrons. The first-order valence-electron chi connectivity index (χ1n) is 3.85. The van der Waals surface area contributed by atoms with Crippen LogP contribution in [0.5, 0.6) is 5.75 Å². The Morgan fingerprint density at radius 1 is 1.50 bits per heavy atom. The molecule has 0 aliphatic carbocycles. The average Bonchev–Trinajstić information content (AvgIpc) is 2.09. The molecule has 0 saturated carbocycles. The van der Waals surface area contributed by atoms with Gasteiger partial charge >= 0.3 is 0 Å². The van der Waals surface area contributed by atoms with Crippen LogP contribution in [0.3, 0.4) is 0 Å². The first-order chi connectivity index (χ1) is 5.79. The van der Waals surface area contributed by atoms with Crippen LogP contribution in [0.4, 0.5) is 0 Å². The number of methoxy groups -OCH3 is 1. The summed E-state index contributed by atoms with van der Waals surface area (Å²) >= 11 is 0. The van der Waals surface area contributed by atoms with Gasteiger partial charge in [0.2, 0.25) is 0 Å². The highest BCUT2D eigenvalue weighted by Crippen LogP contribution is 2.21. The van der Waals surface area contributed by atoms with E-state index in [1.165, 1.54) is 5.56 Å². The summed E-state index contributed by atoms with van der Waals surface area (Å²) in [7, 11) is 1.66. The Bertz CT molecular complexity index is 307. The second-order valence-electron chi connectivity index (χ2n) is 2.64. The third-order valence-electron chi connectivity index (χ3n) is 1.87. The average molecular weight is 160 g/mol. The number of hydrogen-bond acceptors (Lipinski definition) is 1. The van der Waals surface area contributed by atoms with Crippen molar-refractivity contribution in [2.75, 3.05) is 7.11 Å². The fourth-order valence-corrected chi connectivity index (χ4v) is 1.20. The summed E-state index contributed by atoms with van der Waals surface area (Å²) in [6.45, 7) is 2.04. The minimum atomic E-state index is 0.635. The fourth-order valence-electron chi connectivity index (χ4n) is 1.20. The molecule has 1 nitrogen and oxygen atoms in total. The normalized spacial score (nSPS) is 9.08. The molecule has 1 aromatic carbocycles. The van der Waals surface area contributed by atoms with Gasteiger partial charge in [0.05, 0.1) is 7.11 Å². The molecule has 0 N–H and O–H groups in total. The van der Waals surface area contributed by atoms with Gasteiger partial charge in [0.25, 0.3) is 0 Å². The summed E-state index contributed by atoms with van der Waals surface area (Å²) in [6.07, 6.45) is 5.88. The molecule has 0 fully saturated rings. The molecule has 1 rings (SSSR count). The predicted octanol–water partition coefficient (Wildman–Crippen LogP) is 2.18. The minimum absolute atomic E-state index is 0.635. The molecule has 0 heterocycles. The van der Waals surface area contributed by atoms with Gasteiger partial charge in [0.15, 0.2) is 0 Å². The maximum absolute atomic E-state index is 5.25. The Balaban J connectivity index is 3.12. The SMILES string of the molecule is C#CCc1c(C)cccc1OC. The van der Waals surface area contributed by atoms with Crippen LogP contribution < -0.4 is 4.74 Å². The van der Waals surface area contributed by atoms with Gasteiger partial charge in [-0.25, -0.2) is 0 Å². The van der Waals surface area contributed by atoms with Gasteiger partial charge in [-0.3, -0.25) is 0 Å². The van der Waals surface area contributed by atoms with E-state index in [4.69, 9.17) is 11.2 Å². The second kappa shape index (κ2) is 3.82. The van der Waals surface area contributed by atoms with Crippen molar-refractivity contribution in [3.05, 3.63) is 29.3 Å². The van der Waals surface area contributed by atoms with Crippen LogP contribution in [-0.4, -0.2) is 7.11 Å². The van der Waals surface area contributed by atoms with Gasteiger partial charge in [-0.1, -0.05) is 12.1 Å². The van der Waals surface area contributed by atoms with Crippen molar-refractivity contribution in [1.82, 2.24) is 0 Å². The van der Waals surface area contributed by atoms with Crippen LogP contribution in [0.1, 0.15) is 11.1 Å². The number of hydrogen-bond donors (Lipinski definition) is 0. The third-order valence-corrected chi connectivity index (χ3v) is 1.87. The maximum atomic E-state index is 5.25. The zero-order valence-corrected chi connectivity index (χ0v) is 7.42. The van der Waals surface area contributed by atoms with Crippen molar-refractivity contribution in [3.63, 3.8) is 0 Å². The van der Waals surface area contributed by atoms with E-state index in [1.807, 2.05) is 25.1 Å². The van der Waals surface area contributed by atoms with E-state index in [2.05, 4.69) is 5.92 Å². The maximum Gasteiger partial charge on any atom is 0.123 e. The van der Waals surface area contributed by atoms with E-state index in [0.717, 1.165) is 11.3 Å². The van der Waals surface area contributed by atoms with Crippen molar-refractivity contribution < 1.29 is 4.74 Å². The van der Waals surface area contributed by atoms with Gasteiger partial charge in [0, 0.05) is 12.0 Å². The summed E-state index contributed by atoms with van der Waals surface area (Å²) in [4.78, 5) is 0. The largest absolute Gasteiger partial charge is 0.496 e. The summed E-state index contributed by atoms with van der Waals surface area (Å²) in [5.41, 5.74) is 2.30. The molecule has 0 saturated heterocycles. The molecule has 0 aliphatic rings. The molecule has 0 spiro atoms. The molecule has 0 aromatic heterocycles. The third kappa shape index (κ3) is 1.60. The van der Waals surface area contributed by atoms with Gasteiger partial charge in [-0.15, -0.1) is 12.3 Å². The number of benzene rings is 1.